The number of piperidine rings is 1. The first-order chi connectivity index (χ1) is 15.1. The van der Waals surface area contributed by atoms with Crippen molar-refractivity contribution in [3.05, 3.63) is 60.3 Å². The van der Waals surface area contributed by atoms with Gasteiger partial charge in [-0.1, -0.05) is 6.07 Å². The van der Waals surface area contributed by atoms with Crippen molar-refractivity contribution in [2.75, 3.05) is 26.7 Å². The molecule has 162 valence electrons. The smallest absolute Gasteiger partial charge is 0.259 e. The Morgan fingerprint density at radius 2 is 2.06 bits per heavy atom. The molecule has 8 heteroatoms. The lowest BCUT2D eigenvalue weighted by Gasteiger charge is -2.32. The number of likely N-dealkylation sites (tertiary alicyclic amines) is 1. The number of carbonyl (C=O) groups is 2. The number of amides is 2. The fraction of sp³-hybridized carbons (Fsp3) is 0.435. The molecule has 4 rings (SSSR count). The fourth-order valence-electron chi connectivity index (χ4n) is 4.10. The van der Waals surface area contributed by atoms with Gasteiger partial charge in [0.05, 0.1) is 6.20 Å². The maximum atomic E-state index is 13.0. The van der Waals surface area contributed by atoms with E-state index in [0.717, 1.165) is 37.9 Å². The maximum absolute atomic E-state index is 13.0. The number of aromatic nitrogens is 4. The Balaban J connectivity index is 1.27. The molecule has 0 bridgehead atoms. The molecule has 8 nitrogen and oxygen atoms in total. The van der Waals surface area contributed by atoms with Crippen molar-refractivity contribution in [3.8, 4) is 0 Å². The number of rotatable bonds is 7. The van der Waals surface area contributed by atoms with Crippen LogP contribution >= 0.6 is 0 Å². The van der Waals surface area contributed by atoms with Gasteiger partial charge in [0.15, 0.2) is 5.65 Å². The predicted octanol–water partition coefficient (Wildman–Crippen LogP) is 2.46. The van der Waals surface area contributed by atoms with Crippen molar-refractivity contribution in [1.82, 2.24) is 29.4 Å². The van der Waals surface area contributed by atoms with Crippen molar-refractivity contribution in [3.63, 3.8) is 0 Å². The summed E-state index contributed by atoms with van der Waals surface area (Å²) in [6, 6.07) is 7.62. The monoisotopic (exact) mass is 420 g/mol. The molecule has 1 aliphatic rings. The van der Waals surface area contributed by atoms with Crippen LogP contribution in [0.1, 0.15) is 41.7 Å². The van der Waals surface area contributed by atoms with E-state index in [4.69, 9.17) is 0 Å². The van der Waals surface area contributed by atoms with Gasteiger partial charge in [-0.2, -0.15) is 5.10 Å². The molecule has 0 spiro atoms. The summed E-state index contributed by atoms with van der Waals surface area (Å²) in [6.45, 7) is 2.07. The summed E-state index contributed by atoms with van der Waals surface area (Å²) in [6.07, 6.45) is 10.9. The van der Waals surface area contributed by atoms with Crippen LogP contribution in [0, 0.1) is 5.92 Å². The van der Waals surface area contributed by atoms with E-state index in [1.54, 1.807) is 40.3 Å². The molecule has 1 unspecified atom stereocenters. The average molecular weight is 421 g/mol. The minimum Gasteiger partial charge on any atom is -0.345 e. The van der Waals surface area contributed by atoms with Crippen molar-refractivity contribution >= 4 is 17.5 Å². The molecular formula is C23H28N6O2. The first-order valence-corrected chi connectivity index (χ1v) is 10.8. The van der Waals surface area contributed by atoms with E-state index in [1.807, 2.05) is 30.1 Å². The molecule has 1 saturated heterocycles. The molecule has 3 aromatic heterocycles. The van der Waals surface area contributed by atoms with Crippen molar-refractivity contribution in [1.29, 1.82) is 0 Å². The lowest BCUT2D eigenvalue weighted by atomic mass is 9.93. The van der Waals surface area contributed by atoms with Crippen molar-refractivity contribution in [2.24, 2.45) is 5.92 Å². The highest BCUT2D eigenvalue weighted by atomic mass is 16.2. The van der Waals surface area contributed by atoms with Gasteiger partial charge >= 0.3 is 0 Å². The van der Waals surface area contributed by atoms with Gasteiger partial charge < -0.3 is 9.80 Å². The lowest BCUT2D eigenvalue weighted by molar-refractivity contribution is -0.130. The van der Waals surface area contributed by atoms with Gasteiger partial charge in [-0.15, -0.1) is 0 Å². The van der Waals surface area contributed by atoms with Crippen LogP contribution in [0.2, 0.25) is 0 Å². The van der Waals surface area contributed by atoms with Crippen LogP contribution in [-0.4, -0.2) is 67.9 Å². The number of pyridine rings is 1. The Morgan fingerprint density at radius 3 is 2.90 bits per heavy atom. The minimum absolute atomic E-state index is 0.0304. The highest BCUT2D eigenvalue weighted by Crippen LogP contribution is 2.23. The van der Waals surface area contributed by atoms with Crippen LogP contribution in [0.4, 0.5) is 0 Å². The summed E-state index contributed by atoms with van der Waals surface area (Å²) >= 11 is 0. The van der Waals surface area contributed by atoms with Gasteiger partial charge in [0, 0.05) is 63.8 Å². The van der Waals surface area contributed by atoms with E-state index >= 15 is 0 Å². The van der Waals surface area contributed by atoms with Gasteiger partial charge in [-0.3, -0.25) is 14.6 Å². The van der Waals surface area contributed by atoms with Gasteiger partial charge in [0.1, 0.15) is 5.56 Å². The molecule has 0 radical (unpaired) electrons. The molecule has 0 saturated carbocycles. The molecular weight excluding hydrogens is 392 g/mol. The molecule has 0 aromatic carbocycles. The second-order valence-electron chi connectivity index (χ2n) is 8.13. The molecule has 1 aliphatic heterocycles. The largest absolute Gasteiger partial charge is 0.345 e. The average Bonchev–Trinajstić information content (AvgIpc) is 3.25. The molecule has 2 amide bonds. The number of hydrogen-bond acceptors (Lipinski definition) is 5. The van der Waals surface area contributed by atoms with Crippen LogP contribution in [-0.2, 0) is 11.2 Å². The minimum atomic E-state index is -0.0304. The summed E-state index contributed by atoms with van der Waals surface area (Å²) in [5, 5.41) is 4.22. The quantitative estimate of drug-likeness (QED) is 0.586. The SMILES string of the molecule is CN(CCc1ccccn1)C(=O)CCC1CCCN(C(=O)c2cnn3cccnc23)C1. The molecule has 3 aromatic rings. The van der Waals surface area contributed by atoms with Crippen LogP contribution in [0.25, 0.3) is 5.65 Å². The molecule has 0 N–H and O–H groups in total. The lowest BCUT2D eigenvalue weighted by Crippen LogP contribution is -2.40. The summed E-state index contributed by atoms with van der Waals surface area (Å²) in [4.78, 5) is 37.9. The van der Waals surface area contributed by atoms with Crippen LogP contribution in [0.15, 0.2) is 49.1 Å². The Morgan fingerprint density at radius 1 is 1.19 bits per heavy atom. The van der Waals surface area contributed by atoms with E-state index < -0.39 is 0 Å². The second-order valence-corrected chi connectivity index (χ2v) is 8.13. The Labute approximate surface area is 181 Å². The van der Waals surface area contributed by atoms with Crippen LogP contribution in [0.3, 0.4) is 0 Å². The summed E-state index contributed by atoms with van der Waals surface area (Å²) < 4.78 is 1.62. The molecule has 31 heavy (non-hydrogen) atoms. The Kier molecular flexibility index (Phi) is 6.54. The third-order valence-corrected chi connectivity index (χ3v) is 5.94. The first-order valence-electron chi connectivity index (χ1n) is 10.8. The molecule has 1 fully saturated rings. The normalized spacial score (nSPS) is 16.4. The highest BCUT2D eigenvalue weighted by molar-refractivity contribution is 5.99. The van der Waals surface area contributed by atoms with Gasteiger partial charge in [-0.25, -0.2) is 9.50 Å². The summed E-state index contributed by atoms with van der Waals surface area (Å²) in [7, 11) is 1.85. The highest BCUT2D eigenvalue weighted by Gasteiger charge is 2.27. The van der Waals surface area contributed by atoms with E-state index in [2.05, 4.69) is 15.1 Å². The number of nitrogens with zero attached hydrogens (tertiary/aromatic N) is 6. The number of fused-ring (bicyclic) bond motifs is 1. The zero-order valence-corrected chi connectivity index (χ0v) is 17.9. The van der Waals surface area contributed by atoms with E-state index in [9.17, 15) is 9.59 Å². The zero-order valence-electron chi connectivity index (χ0n) is 17.9. The van der Waals surface area contributed by atoms with E-state index in [-0.39, 0.29) is 11.8 Å². The van der Waals surface area contributed by atoms with Gasteiger partial charge in [0.2, 0.25) is 5.91 Å². The van der Waals surface area contributed by atoms with Gasteiger partial charge in [0.25, 0.3) is 5.91 Å². The molecule has 4 heterocycles. The summed E-state index contributed by atoms with van der Waals surface area (Å²) in [5.74, 6) is 0.448. The van der Waals surface area contributed by atoms with Crippen LogP contribution in [0.5, 0.6) is 0 Å². The van der Waals surface area contributed by atoms with Crippen molar-refractivity contribution < 1.29 is 9.59 Å². The predicted molar refractivity (Wildman–Crippen MR) is 116 cm³/mol. The zero-order chi connectivity index (χ0) is 21.6. The fourth-order valence-corrected chi connectivity index (χ4v) is 4.10. The molecule has 1 atom stereocenters. The van der Waals surface area contributed by atoms with Gasteiger partial charge in [-0.05, 0) is 43.4 Å². The van der Waals surface area contributed by atoms with E-state index in [1.165, 1.54) is 0 Å². The third kappa shape index (κ3) is 5.07. The van der Waals surface area contributed by atoms with E-state index in [0.29, 0.717) is 36.6 Å². The maximum Gasteiger partial charge on any atom is 0.259 e. The standard InChI is InChI=1S/C23H28N6O2/c1-27(15-10-19-7-2-3-11-24-19)21(30)9-8-18-6-4-13-28(17-18)23(31)20-16-26-29-14-5-12-25-22(20)29/h2-3,5,7,11-12,14,16,18H,4,6,8-10,13,15,17H2,1H3. The second kappa shape index (κ2) is 9.68. The number of hydrogen-bond donors (Lipinski definition) is 0. The van der Waals surface area contributed by atoms with Crippen molar-refractivity contribution in [2.45, 2.75) is 32.1 Å². The Hall–Kier alpha value is -3.29. The molecule has 0 aliphatic carbocycles. The first kappa shape index (κ1) is 21.0. The van der Waals surface area contributed by atoms with Crippen LogP contribution < -0.4 is 0 Å². The topological polar surface area (TPSA) is 83.7 Å². The Bertz CT molecular complexity index is 1030. The number of likely N-dealkylation sites (N-methyl/N-ethyl adjacent to an activating group) is 1. The summed E-state index contributed by atoms with van der Waals surface area (Å²) in [5.41, 5.74) is 2.11. The number of carbonyl (C=O) groups excluding carboxylic acids is 2. The third-order valence-electron chi connectivity index (χ3n) is 5.94.